The van der Waals surface area contributed by atoms with E-state index in [4.69, 9.17) is 11.6 Å². The highest BCUT2D eigenvalue weighted by atomic mass is 35.5. The highest BCUT2D eigenvalue weighted by molar-refractivity contribution is 7.18. The van der Waals surface area contributed by atoms with Gasteiger partial charge in [-0.3, -0.25) is 14.2 Å². The number of benzene rings is 2. The number of phenolic OH excluding ortho intramolecular Hbond substituents is 1. The van der Waals surface area contributed by atoms with Gasteiger partial charge in [0.25, 0.3) is 5.56 Å². The number of carbonyl (C=O) groups is 1. The number of amides is 1. The molecule has 1 amide bonds. The molecule has 0 aliphatic heterocycles. The lowest BCUT2D eigenvalue weighted by Crippen LogP contribution is -2.40. The lowest BCUT2D eigenvalue weighted by molar-refractivity contribution is -0.116. The Hall–Kier alpha value is -3.36. The van der Waals surface area contributed by atoms with Gasteiger partial charge in [-0.25, -0.2) is 9.36 Å². The second-order valence-electron chi connectivity index (χ2n) is 7.52. The Balaban J connectivity index is 1.88. The van der Waals surface area contributed by atoms with Gasteiger partial charge >= 0.3 is 5.69 Å². The summed E-state index contributed by atoms with van der Waals surface area (Å²) in [7, 11) is 0. The number of hydrogen-bond acceptors (Lipinski definition) is 5. The van der Waals surface area contributed by atoms with E-state index in [0.717, 1.165) is 20.6 Å². The average Bonchev–Trinajstić information content (AvgIpc) is 3.03. The number of rotatable bonds is 4. The molecule has 9 heteroatoms. The Morgan fingerprint density at radius 2 is 1.88 bits per heavy atom. The van der Waals surface area contributed by atoms with Gasteiger partial charge in [0.1, 0.15) is 17.1 Å². The summed E-state index contributed by atoms with van der Waals surface area (Å²) in [6.07, 6.45) is 0. The van der Waals surface area contributed by atoms with Crippen LogP contribution < -0.4 is 16.6 Å². The van der Waals surface area contributed by atoms with Crippen molar-refractivity contribution in [3.63, 3.8) is 0 Å². The van der Waals surface area contributed by atoms with Crippen molar-refractivity contribution in [2.45, 2.75) is 27.3 Å². The van der Waals surface area contributed by atoms with Gasteiger partial charge in [0, 0.05) is 9.90 Å². The molecule has 0 radical (unpaired) electrons. The summed E-state index contributed by atoms with van der Waals surface area (Å²) in [5, 5.41) is 13.4. The number of nitrogens with zero attached hydrogens (tertiary/aromatic N) is 2. The van der Waals surface area contributed by atoms with E-state index in [1.807, 2.05) is 20.8 Å². The molecule has 0 fully saturated rings. The first-order valence-corrected chi connectivity index (χ1v) is 11.0. The first-order valence-electron chi connectivity index (χ1n) is 9.78. The summed E-state index contributed by atoms with van der Waals surface area (Å²) < 4.78 is 2.31. The van der Waals surface area contributed by atoms with Gasteiger partial charge in [-0.2, -0.15) is 0 Å². The fraction of sp³-hybridized carbons (Fsp3) is 0.174. The van der Waals surface area contributed by atoms with Gasteiger partial charge in [-0.05, 0) is 62.2 Å². The van der Waals surface area contributed by atoms with Gasteiger partial charge in [-0.1, -0.05) is 23.7 Å². The SMILES string of the molecule is Cc1ccc(O)c(NC(=O)Cn2c(=O)n(-c3cccc(Cl)c3)c(=O)c3c(C)c(C)sc32)c1. The Morgan fingerprint density at radius 1 is 1.12 bits per heavy atom. The number of nitrogens with one attached hydrogen (secondary N) is 1. The van der Waals surface area contributed by atoms with Crippen LogP contribution >= 0.6 is 22.9 Å². The molecule has 4 aromatic rings. The van der Waals surface area contributed by atoms with Crippen LogP contribution in [0.15, 0.2) is 52.1 Å². The van der Waals surface area contributed by atoms with E-state index in [-0.39, 0.29) is 18.0 Å². The number of aromatic hydroxyl groups is 1. The summed E-state index contributed by atoms with van der Waals surface area (Å²) in [5.41, 5.74) is 1.09. The molecule has 0 unspecified atom stereocenters. The van der Waals surface area contributed by atoms with E-state index >= 15 is 0 Å². The summed E-state index contributed by atoms with van der Waals surface area (Å²) >= 11 is 7.37. The van der Waals surface area contributed by atoms with Crippen LogP contribution in [0.3, 0.4) is 0 Å². The molecule has 2 aromatic carbocycles. The first kappa shape index (κ1) is 21.9. The second kappa shape index (κ2) is 8.29. The summed E-state index contributed by atoms with van der Waals surface area (Å²) in [6.45, 7) is 5.19. The molecule has 7 nitrogen and oxygen atoms in total. The molecule has 0 aliphatic rings. The minimum Gasteiger partial charge on any atom is -0.506 e. The third-order valence-corrected chi connectivity index (χ3v) is 6.71. The third kappa shape index (κ3) is 3.83. The zero-order valence-corrected chi connectivity index (χ0v) is 19.2. The van der Waals surface area contributed by atoms with E-state index in [0.29, 0.717) is 20.9 Å². The molecule has 0 atom stereocenters. The third-order valence-electron chi connectivity index (χ3n) is 5.25. The van der Waals surface area contributed by atoms with E-state index in [1.54, 1.807) is 30.3 Å². The molecule has 2 aromatic heterocycles. The normalized spacial score (nSPS) is 11.1. The molecule has 0 saturated carbocycles. The van der Waals surface area contributed by atoms with E-state index < -0.39 is 17.2 Å². The van der Waals surface area contributed by atoms with E-state index in [9.17, 15) is 19.5 Å². The molecule has 2 heterocycles. The number of fused-ring (bicyclic) bond motifs is 1. The molecular formula is C23H20ClN3O4S. The van der Waals surface area contributed by atoms with Gasteiger partial charge in [0.05, 0.1) is 16.8 Å². The predicted octanol–water partition coefficient (Wildman–Crippen LogP) is 4.14. The topological polar surface area (TPSA) is 93.3 Å². The number of aromatic nitrogens is 2. The number of carbonyl (C=O) groups excluding carboxylic acids is 1. The largest absolute Gasteiger partial charge is 0.506 e. The Kier molecular flexibility index (Phi) is 5.66. The molecular weight excluding hydrogens is 450 g/mol. The average molecular weight is 470 g/mol. The van der Waals surface area contributed by atoms with E-state index in [1.165, 1.54) is 28.0 Å². The van der Waals surface area contributed by atoms with Crippen molar-refractivity contribution in [1.29, 1.82) is 0 Å². The Bertz CT molecular complexity index is 1500. The van der Waals surface area contributed by atoms with E-state index in [2.05, 4.69) is 5.32 Å². The highest BCUT2D eigenvalue weighted by Gasteiger charge is 2.21. The van der Waals surface area contributed by atoms with Crippen LogP contribution in [0.5, 0.6) is 5.75 Å². The monoisotopic (exact) mass is 469 g/mol. The minimum atomic E-state index is -0.644. The summed E-state index contributed by atoms with van der Waals surface area (Å²) in [4.78, 5) is 40.8. The highest BCUT2D eigenvalue weighted by Crippen LogP contribution is 2.28. The molecule has 2 N–H and O–H groups in total. The first-order chi connectivity index (χ1) is 15.2. The fourth-order valence-corrected chi connectivity index (χ4v) is 4.85. The Labute approximate surface area is 192 Å². The van der Waals surface area contributed by atoms with Crippen molar-refractivity contribution < 1.29 is 9.90 Å². The summed E-state index contributed by atoms with van der Waals surface area (Å²) in [6, 6.07) is 11.3. The van der Waals surface area contributed by atoms with Crippen LogP contribution in [0.1, 0.15) is 16.0 Å². The number of phenols is 1. The van der Waals surface area contributed by atoms with Gasteiger partial charge in [-0.15, -0.1) is 11.3 Å². The Morgan fingerprint density at radius 3 is 2.59 bits per heavy atom. The quantitative estimate of drug-likeness (QED) is 0.439. The van der Waals surface area contributed by atoms with Crippen LogP contribution in [0.2, 0.25) is 5.02 Å². The minimum absolute atomic E-state index is 0.0758. The lowest BCUT2D eigenvalue weighted by atomic mass is 10.2. The predicted molar refractivity (Wildman–Crippen MR) is 128 cm³/mol. The zero-order valence-electron chi connectivity index (χ0n) is 17.6. The van der Waals surface area contributed by atoms with Crippen LogP contribution in [-0.2, 0) is 11.3 Å². The molecule has 32 heavy (non-hydrogen) atoms. The molecule has 4 rings (SSSR count). The smallest absolute Gasteiger partial charge is 0.337 e. The van der Waals surface area contributed by atoms with Crippen LogP contribution in [0.4, 0.5) is 5.69 Å². The fourth-order valence-electron chi connectivity index (χ4n) is 3.52. The standard InChI is InChI=1S/C23H20ClN3O4S/c1-12-7-8-18(28)17(9-12)25-19(29)11-26-22-20(13(2)14(3)32-22)21(30)27(23(26)31)16-6-4-5-15(24)10-16/h4-10,28H,11H2,1-3H3,(H,25,29). The van der Waals surface area contributed by atoms with Crippen molar-refractivity contribution in [1.82, 2.24) is 9.13 Å². The van der Waals surface area contributed by atoms with Crippen molar-refractivity contribution in [3.8, 4) is 11.4 Å². The van der Waals surface area contributed by atoms with Crippen LogP contribution in [0, 0.1) is 20.8 Å². The lowest BCUT2D eigenvalue weighted by Gasteiger charge is -2.13. The van der Waals surface area contributed by atoms with Crippen LogP contribution in [0.25, 0.3) is 15.9 Å². The maximum Gasteiger partial charge on any atom is 0.337 e. The number of hydrogen-bond donors (Lipinski definition) is 2. The number of anilines is 1. The molecule has 164 valence electrons. The molecule has 0 spiro atoms. The van der Waals surface area contributed by atoms with Crippen molar-refractivity contribution >= 4 is 44.7 Å². The molecule has 0 saturated heterocycles. The molecule has 0 bridgehead atoms. The zero-order chi connectivity index (χ0) is 23.2. The van der Waals surface area contributed by atoms with Crippen molar-refractivity contribution in [2.24, 2.45) is 0 Å². The molecule has 0 aliphatic carbocycles. The van der Waals surface area contributed by atoms with Crippen molar-refractivity contribution in [2.75, 3.05) is 5.32 Å². The second-order valence-corrected chi connectivity index (χ2v) is 9.16. The number of halogens is 1. The van der Waals surface area contributed by atoms with Gasteiger partial charge in [0.2, 0.25) is 5.91 Å². The van der Waals surface area contributed by atoms with Gasteiger partial charge in [0.15, 0.2) is 0 Å². The maximum absolute atomic E-state index is 13.4. The van der Waals surface area contributed by atoms with Crippen LogP contribution in [-0.4, -0.2) is 20.1 Å². The van der Waals surface area contributed by atoms with Crippen molar-refractivity contribution in [3.05, 3.63) is 84.3 Å². The number of aryl methyl sites for hydroxylation is 3. The maximum atomic E-state index is 13.4. The van der Waals surface area contributed by atoms with Gasteiger partial charge < -0.3 is 10.4 Å². The number of thiophene rings is 1. The summed E-state index contributed by atoms with van der Waals surface area (Å²) in [5.74, 6) is -0.581.